The molecule has 0 spiro atoms. The van der Waals surface area contributed by atoms with Gasteiger partial charge in [0, 0.05) is 30.3 Å². The second-order valence-corrected chi connectivity index (χ2v) is 7.68. The molecule has 2 aromatic rings. The third-order valence-corrected chi connectivity index (χ3v) is 4.96. The van der Waals surface area contributed by atoms with Gasteiger partial charge in [-0.05, 0) is 54.4 Å². The number of carbonyl (C=O) groups excluding carboxylic acids is 2. The Morgan fingerprint density at radius 2 is 2.15 bits per heavy atom. The number of anilines is 2. The van der Waals surface area contributed by atoms with Crippen LogP contribution in [0.15, 0.2) is 28.9 Å². The summed E-state index contributed by atoms with van der Waals surface area (Å²) in [5.74, 6) is 0.886. The molecule has 3 rings (SSSR count). The van der Waals surface area contributed by atoms with Gasteiger partial charge in [-0.15, -0.1) is 0 Å². The van der Waals surface area contributed by atoms with E-state index < -0.39 is 0 Å². The van der Waals surface area contributed by atoms with E-state index in [0.29, 0.717) is 18.2 Å². The number of aromatic nitrogens is 3. The van der Waals surface area contributed by atoms with E-state index in [-0.39, 0.29) is 24.3 Å². The molecule has 0 radical (unpaired) electrons. The van der Waals surface area contributed by atoms with Gasteiger partial charge in [-0.1, -0.05) is 0 Å². The predicted octanol–water partition coefficient (Wildman–Crippen LogP) is 2.18. The molecule has 144 valence electrons. The van der Waals surface area contributed by atoms with Gasteiger partial charge < -0.3 is 10.6 Å². The Kier molecular flexibility index (Phi) is 6.22. The van der Waals surface area contributed by atoms with Crippen molar-refractivity contribution in [3.63, 3.8) is 0 Å². The van der Waals surface area contributed by atoms with Crippen molar-refractivity contribution in [2.75, 3.05) is 30.3 Å². The maximum atomic E-state index is 12.5. The van der Waals surface area contributed by atoms with E-state index >= 15 is 0 Å². The topological polar surface area (TPSA) is 92.2 Å². The zero-order valence-corrected chi connectivity index (χ0v) is 17.0. The van der Waals surface area contributed by atoms with Crippen LogP contribution >= 0.6 is 15.9 Å². The molecule has 0 saturated carbocycles. The van der Waals surface area contributed by atoms with Crippen LogP contribution in [-0.4, -0.2) is 51.1 Å². The first-order valence-corrected chi connectivity index (χ1v) is 9.65. The fourth-order valence-corrected chi connectivity index (χ4v) is 3.44. The van der Waals surface area contributed by atoms with Crippen LogP contribution in [0.3, 0.4) is 0 Å². The Bertz CT molecular complexity index is 820. The van der Waals surface area contributed by atoms with E-state index in [4.69, 9.17) is 0 Å². The first-order chi connectivity index (χ1) is 12.9. The highest BCUT2D eigenvalue weighted by Gasteiger charge is 2.27. The van der Waals surface area contributed by atoms with Crippen LogP contribution in [0.4, 0.5) is 11.6 Å². The van der Waals surface area contributed by atoms with Crippen LogP contribution in [0.1, 0.15) is 18.5 Å². The van der Waals surface area contributed by atoms with Gasteiger partial charge in [-0.2, -0.15) is 5.10 Å². The van der Waals surface area contributed by atoms with Crippen molar-refractivity contribution < 1.29 is 9.59 Å². The Morgan fingerprint density at radius 1 is 1.33 bits per heavy atom. The number of amides is 2. The summed E-state index contributed by atoms with van der Waals surface area (Å²) in [5.41, 5.74) is 0.851. The minimum atomic E-state index is -0.157. The predicted molar refractivity (Wildman–Crippen MR) is 106 cm³/mol. The summed E-state index contributed by atoms with van der Waals surface area (Å²) >= 11 is 3.32. The monoisotopic (exact) mass is 434 g/mol. The van der Waals surface area contributed by atoms with Crippen LogP contribution in [0.2, 0.25) is 0 Å². The molecular weight excluding hydrogens is 412 g/mol. The summed E-state index contributed by atoms with van der Waals surface area (Å²) < 4.78 is 2.50. The molecule has 0 aromatic carbocycles. The van der Waals surface area contributed by atoms with E-state index in [0.717, 1.165) is 29.6 Å². The molecule has 1 atom stereocenters. The van der Waals surface area contributed by atoms with Crippen molar-refractivity contribution in [3.05, 3.63) is 34.6 Å². The third kappa shape index (κ3) is 5.36. The highest BCUT2D eigenvalue weighted by Crippen LogP contribution is 2.19. The summed E-state index contributed by atoms with van der Waals surface area (Å²) in [6.45, 7) is 3.49. The zero-order chi connectivity index (χ0) is 19.4. The average Bonchev–Trinajstić information content (AvgIpc) is 2.94. The fraction of sp³-hybridized carbons (Fsp3) is 0.444. The van der Waals surface area contributed by atoms with Gasteiger partial charge in [-0.25, -0.2) is 4.98 Å². The van der Waals surface area contributed by atoms with Gasteiger partial charge in [0.05, 0.1) is 18.2 Å². The van der Waals surface area contributed by atoms with Crippen LogP contribution in [0.5, 0.6) is 0 Å². The molecule has 1 fully saturated rings. The largest absolute Gasteiger partial charge is 0.310 e. The third-order valence-electron chi connectivity index (χ3n) is 4.49. The molecular formula is C18H23BrN6O2. The zero-order valence-electron chi connectivity index (χ0n) is 15.4. The number of pyridine rings is 1. The maximum absolute atomic E-state index is 12.5. The molecule has 2 N–H and O–H groups in total. The number of nitrogens with one attached hydrogen (secondary N) is 2. The van der Waals surface area contributed by atoms with Crippen LogP contribution in [-0.2, 0) is 16.6 Å². The highest BCUT2D eigenvalue weighted by molar-refractivity contribution is 9.10. The molecule has 1 saturated heterocycles. The number of likely N-dealkylation sites (tertiary alicyclic amines) is 1. The van der Waals surface area contributed by atoms with Crippen LogP contribution in [0.25, 0.3) is 0 Å². The minimum absolute atomic E-state index is 0.0582. The van der Waals surface area contributed by atoms with Gasteiger partial charge in [0.2, 0.25) is 11.8 Å². The molecule has 0 aliphatic carbocycles. The Morgan fingerprint density at radius 3 is 2.81 bits per heavy atom. The molecule has 1 unspecified atom stereocenters. The number of hydrogen-bond acceptors (Lipinski definition) is 5. The first-order valence-electron chi connectivity index (χ1n) is 8.86. The lowest BCUT2D eigenvalue weighted by atomic mass is 9.97. The molecule has 2 amide bonds. The highest BCUT2D eigenvalue weighted by atomic mass is 79.9. The maximum Gasteiger partial charge on any atom is 0.239 e. The number of rotatable bonds is 5. The van der Waals surface area contributed by atoms with Gasteiger partial charge in [-0.3, -0.25) is 19.2 Å². The number of piperidine rings is 1. The van der Waals surface area contributed by atoms with E-state index in [1.54, 1.807) is 24.0 Å². The molecule has 1 aliphatic rings. The number of aryl methyl sites for hydroxylation is 2. The van der Waals surface area contributed by atoms with Gasteiger partial charge in [0.15, 0.2) is 0 Å². The van der Waals surface area contributed by atoms with Crippen molar-refractivity contribution in [2.24, 2.45) is 13.0 Å². The number of halogens is 1. The molecule has 9 heteroatoms. The Hall–Kier alpha value is -2.26. The van der Waals surface area contributed by atoms with E-state index in [1.165, 1.54) is 0 Å². The summed E-state index contributed by atoms with van der Waals surface area (Å²) in [7, 11) is 1.79. The lowest BCUT2D eigenvalue weighted by molar-refractivity contribution is -0.123. The molecule has 2 aromatic heterocycles. The summed E-state index contributed by atoms with van der Waals surface area (Å²) in [5, 5.41) is 9.94. The van der Waals surface area contributed by atoms with Gasteiger partial charge in [0.25, 0.3) is 0 Å². The quantitative estimate of drug-likeness (QED) is 0.751. The Balaban J connectivity index is 1.52. The van der Waals surface area contributed by atoms with Crippen LogP contribution in [0, 0.1) is 12.8 Å². The molecule has 0 bridgehead atoms. The molecule has 1 aliphatic heterocycles. The van der Waals surface area contributed by atoms with Gasteiger partial charge >= 0.3 is 0 Å². The first kappa shape index (κ1) is 19.5. The molecule has 27 heavy (non-hydrogen) atoms. The van der Waals surface area contributed by atoms with Gasteiger partial charge in [0.1, 0.15) is 11.6 Å². The number of hydrogen-bond donors (Lipinski definition) is 2. The SMILES string of the molecule is Cc1cc(NC(=O)CN2CCCC(C(=O)Nc3ccc(Br)cn3)C2)n(C)n1. The lowest BCUT2D eigenvalue weighted by Gasteiger charge is -2.31. The average molecular weight is 435 g/mol. The van der Waals surface area contributed by atoms with Crippen molar-refractivity contribution in [1.29, 1.82) is 0 Å². The van der Waals surface area contributed by atoms with E-state index in [2.05, 4.69) is 36.6 Å². The standard InChI is InChI=1S/C18H23BrN6O2/c1-12-8-16(24(2)23-12)22-17(26)11-25-7-3-4-13(10-25)18(27)21-15-6-5-14(19)9-20-15/h5-6,8-9,13H,3-4,7,10-11H2,1-2H3,(H,22,26)(H,20,21,27). The van der Waals surface area contributed by atoms with Crippen molar-refractivity contribution >= 4 is 39.4 Å². The minimum Gasteiger partial charge on any atom is -0.310 e. The molecule has 8 nitrogen and oxygen atoms in total. The fourth-order valence-electron chi connectivity index (χ4n) is 3.20. The normalized spacial score (nSPS) is 17.5. The lowest BCUT2D eigenvalue weighted by Crippen LogP contribution is -2.44. The number of carbonyl (C=O) groups is 2. The number of nitrogens with zero attached hydrogens (tertiary/aromatic N) is 4. The molecule has 3 heterocycles. The second-order valence-electron chi connectivity index (χ2n) is 6.77. The summed E-state index contributed by atoms with van der Waals surface area (Å²) in [4.78, 5) is 31.0. The van der Waals surface area contributed by atoms with E-state index in [1.807, 2.05) is 24.0 Å². The summed E-state index contributed by atoms with van der Waals surface area (Å²) in [6.07, 6.45) is 3.33. The summed E-state index contributed by atoms with van der Waals surface area (Å²) in [6, 6.07) is 5.42. The van der Waals surface area contributed by atoms with Crippen molar-refractivity contribution in [3.8, 4) is 0 Å². The van der Waals surface area contributed by atoms with Crippen LogP contribution < -0.4 is 10.6 Å². The smallest absolute Gasteiger partial charge is 0.239 e. The van der Waals surface area contributed by atoms with Crippen molar-refractivity contribution in [2.45, 2.75) is 19.8 Å². The Labute approximate surface area is 166 Å². The van der Waals surface area contributed by atoms with E-state index in [9.17, 15) is 9.59 Å². The second kappa shape index (κ2) is 8.62. The van der Waals surface area contributed by atoms with Crippen molar-refractivity contribution in [1.82, 2.24) is 19.7 Å².